The van der Waals surface area contributed by atoms with E-state index in [9.17, 15) is 14.4 Å². The van der Waals surface area contributed by atoms with Gasteiger partial charge in [-0.1, -0.05) is 59.1 Å². The van der Waals surface area contributed by atoms with E-state index < -0.39 is 5.56 Å². The highest BCUT2D eigenvalue weighted by Gasteiger charge is 2.10. The highest BCUT2D eigenvalue weighted by Crippen LogP contribution is 2.21. The Morgan fingerprint density at radius 1 is 0.589 bits per heavy atom. The van der Waals surface area contributed by atoms with Crippen molar-refractivity contribution in [2.45, 2.75) is 13.1 Å². The Balaban J connectivity index is 0.000000208. The Labute approximate surface area is 353 Å². The van der Waals surface area contributed by atoms with Gasteiger partial charge >= 0.3 is 5.56 Å². The summed E-state index contributed by atoms with van der Waals surface area (Å²) in [6, 6.07) is 14.5. The van der Waals surface area contributed by atoms with Crippen molar-refractivity contribution in [1.82, 2.24) is 39.0 Å². The molecule has 15 nitrogen and oxygen atoms in total. The number of halogens is 7. The van der Waals surface area contributed by atoms with Crippen LogP contribution in [-0.4, -0.2) is 67.5 Å². The molecule has 296 valence electrons. The molecule has 0 unspecified atom stereocenters. The number of ether oxygens (including phenoxy) is 4. The number of H-pyrrole nitrogens is 1. The molecule has 0 spiro atoms. The lowest BCUT2D eigenvalue weighted by Gasteiger charge is -2.09. The van der Waals surface area contributed by atoms with E-state index in [-0.39, 0.29) is 54.7 Å². The molecule has 0 radical (unpaired) electrons. The fraction of sp³-hybridized carbons (Fsp3) is 0.176. The molecule has 2 aromatic carbocycles. The van der Waals surface area contributed by atoms with E-state index in [1.165, 1.54) is 57.8 Å². The third-order valence-electron chi connectivity index (χ3n) is 6.70. The summed E-state index contributed by atoms with van der Waals surface area (Å²) in [5.41, 5.74) is 0.733. The molecule has 56 heavy (non-hydrogen) atoms. The number of nitrogens with zero attached hydrogens (tertiary/aromatic N) is 7. The van der Waals surface area contributed by atoms with Gasteiger partial charge in [-0.2, -0.15) is 4.98 Å². The minimum atomic E-state index is -0.477. The van der Waals surface area contributed by atoms with Gasteiger partial charge in [0.2, 0.25) is 38.4 Å². The van der Waals surface area contributed by atoms with Crippen LogP contribution in [0, 0.1) is 0 Å². The lowest BCUT2D eigenvalue weighted by molar-refractivity contribution is 0.400. The maximum absolute atomic E-state index is 12.0. The summed E-state index contributed by atoms with van der Waals surface area (Å²) in [5, 5.41) is 1.95. The van der Waals surface area contributed by atoms with E-state index in [1.54, 1.807) is 28.8 Å². The molecule has 0 saturated carbocycles. The van der Waals surface area contributed by atoms with E-state index >= 15 is 0 Å². The van der Waals surface area contributed by atoms with E-state index in [1.807, 2.05) is 24.3 Å². The highest BCUT2D eigenvalue weighted by molar-refractivity contribution is 6.33. The van der Waals surface area contributed by atoms with Gasteiger partial charge in [-0.15, -0.1) is 0 Å². The van der Waals surface area contributed by atoms with Crippen LogP contribution in [0.2, 0.25) is 36.3 Å². The van der Waals surface area contributed by atoms with Crippen molar-refractivity contribution >= 4 is 81.2 Å². The molecule has 4 aromatic heterocycles. The number of hydrogen-bond donors (Lipinski definition) is 1. The molecule has 1 N–H and O–H groups in total. The van der Waals surface area contributed by atoms with Crippen LogP contribution in [0.3, 0.4) is 0 Å². The molecule has 0 aliphatic rings. The number of methoxy groups -OCH3 is 4. The number of benzene rings is 2. The Bertz CT molecular complexity index is 2380. The zero-order valence-electron chi connectivity index (χ0n) is 29.5. The first kappa shape index (κ1) is 45.8. The maximum Gasteiger partial charge on any atom is 0.316 e. The Morgan fingerprint density at radius 2 is 1.11 bits per heavy atom. The van der Waals surface area contributed by atoms with Gasteiger partial charge in [0.05, 0.1) is 59.8 Å². The summed E-state index contributed by atoms with van der Waals surface area (Å²) >= 11 is 39.8. The molecule has 0 fully saturated rings. The quantitative estimate of drug-likeness (QED) is 0.118. The van der Waals surface area contributed by atoms with Gasteiger partial charge in [-0.05, 0) is 81.8 Å². The third-order valence-corrected chi connectivity index (χ3v) is 8.45. The summed E-state index contributed by atoms with van der Waals surface area (Å²) < 4.78 is 22.2. The van der Waals surface area contributed by atoms with Crippen LogP contribution in [0.15, 0.2) is 87.7 Å². The summed E-state index contributed by atoms with van der Waals surface area (Å²) in [4.78, 5) is 54.9. The molecule has 0 amide bonds. The van der Waals surface area contributed by atoms with Crippen molar-refractivity contribution in [3.63, 3.8) is 0 Å². The molecular weight excluding hydrogens is 881 g/mol. The number of aromatic amines is 1. The fourth-order valence-electron chi connectivity index (χ4n) is 3.97. The zero-order valence-corrected chi connectivity index (χ0v) is 34.8. The molecule has 0 atom stereocenters. The summed E-state index contributed by atoms with van der Waals surface area (Å²) in [7, 11) is 5.70. The summed E-state index contributed by atoms with van der Waals surface area (Å²) in [5.74, 6) is 0.900. The van der Waals surface area contributed by atoms with E-state index in [0.29, 0.717) is 28.9 Å². The van der Waals surface area contributed by atoms with Gasteiger partial charge in [-0.3, -0.25) is 23.9 Å². The first-order chi connectivity index (χ1) is 26.7. The average molecular weight is 910 g/mol. The first-order valence-corrected chi connectivity index (χ1v) is 17.9. The van der Waals surface area contributed by atoms with Crippen LogP contribution >= 0.6 is 81.2 Å². The standard InChI is InChI=1S/2C12H10Cl2N2O2.C5H4Cl2N2O.C5H5ClN2O2/c1-18-10-6-15-12(14)16(11(10)17)7-8-2-4-9(13)5-3-8;1-18-10-7-16(12(14)15-11(10)17)6-8-2-4-9(13)5-3-8;1-10-3-2-8-5(7)9-4(3)6;1-10-3-2-7-5(6)8-4(3)9/h2-6H,7H2,1H3;2-5,7H,6H2,1H3;2H,1H3;2H,1H3,(H,7,8,9). The molecule has 0 aliphatic heterocycles. The zero-order chi connectivity index (χ0) is 41.4. The second-order valence-corrected chi connectivity index (χ2v) is 12.9. The molecule has 0 aliphatic carbocycles. The van der Waals surface area contributed by atoms with Crippen LogP contribution in [0.1, 0.15) is 11.1 Å². The summed E-state index contributed by atoms with van der Waals surface area (Å²) in [6.45, 7) is 0.804. The van der Waals surface area contributed by atoms with E-state index in [0.717, 1.165) is 11.1 Å². The van der Waals surface area contributed by atoms with Gasteiger partial charge in [0, 0.05) is 16.6 Å². The van der Waals surface area contributed by atoms with Crippen LogP contribution in [0.25, 0.3) is 0 Å². The fourth-order valence-corrected chi connectivity index (χ4v) is 5.11. The van der Waals surface area contributed by atoms with Crippen molar-refractivity contribution < 1.29 is 18.9 Å². The lowest BCUT2D eigenvalue weighted by atomic mass is 10.2. The summed E-state index contributed by atoms with van der Waals surface area (Å²) in [6.07, 6.45) is 5.52. The Hall–Kier alpha value is -4.61. The Morgan fingerprint density at radius 3 is 1.62 bits per heavy atom. The van der Waals surface area contributed by atoms with Gasteiger partial charge in [-0.25, -0.2) is 19.9 Å². The smallest absolute Gasteiger partial charge is 0.316 e. The third kappa shape index (κ3) is 14.2. The molecule has 0 saturated heterocycles. The Kier molecular flexibility index (Phi) is 18.7. The van der Waals surface area contributed by atoms with Crippen LogP contribution in [0.4, 0.5) is 0 Å². The number of aromatic nitrogens is 8. The maximum atomic E-state index is 12.0. The number of nitrogens with one attached hydrogen (secondary N) is 1. The lowest BCUT2D eigenvalue weighted by Crippen LogP contribution is -2.23. The molecule has 6 rings (SSSR count). The minimum Gasteiger partial charge on any atom is -0.492 e. The molecule has 22 heteroatoms. The molecule has 0 bridgehead atoms. The number of hydrogen-bond acceptors (Lipinski definition) is 12. The first-order valence-electron chi connectivity index (χ1n) is 15.3. The molecule has 6 aromatic rings. The predicted molar refractivity (Wildman–Crippen MR) is 216 cm³/mol. The van der Waals surface area contributed by atoms with Crippen molar-refractivity contribution in [2.24, 2.45) is 0 Å². The van der Waals surface area contributed by atoms with Crippen LogP contribution in [0.5, 0.6) is 23.0 Å². The average Bonchev–Trinajstić information content (AvgIpc) is 3.17. The largest absolute Gasteiger partial charge is 0.492 e. The second kappa shape index (κ2) is 22.8. The van der Waals surface area contributed by atoms with Crippen LogP contribution in [-0.2, 0) is 13.1 Å². The van der Waals surface area contributed by atoms with E-state index in [2.05, 4.69) is 34.6 Å². The van der Waals surface area contributed by atoms with Gasteiger partial charge in [0.15, 0.2) is 10.9 Å². The van der Waals surface area contributed by atoms with E-state index in [4.69, 9.17) is 95.4 Å². The van der Waals surface area contributed by atoms with Gasteiger partial charge in [0.25, 0.3) is 11.1 Å². The SMILES string of the molecule is COc1cn(Cc2ccc(Cl)cc2)c(Cl)nc1=O.COc1cnc(Cl)[nH]c1=O.COc1cnc(Cl)n(Cc2ccc(Cl)cc2)c1=O.COc1cnc(Cl)nc1Cl. The van der Waals surface area contributed by atoms with Crippen molar-refractivity contribution in [1.29, 1.82) is 0 Å². The minimum absolute atomic E-state index is 0.0609. The van der Waals surface area contributed by atoms with Gasteiger partial charge < -0.3 is 23.5 Å². The van der Waals surface area contributed by atoms with Crippen LogP contribution < -0.4 is 35.6 Å². The monoisotopic (exact) mass is 906 g/mol. The van der Waals surface area contributed by atoms with Crippen molar-refractivity contribution in [3.05, 3.63) is 152 Å². The number of rotatable bonds is 8. The van der Waals surface area contributed by atoms with Gasteiger partial charge in [0.1, 0.15) is 0 Å². The second-order valence-electron chi connectivity index (χ2n) is 10.3. The molecule has 4 heterocycles. The highest BCUT2D eigenvalue weighted by atomic mass is 35.5. The molecular formula is C34H29Cl7N8O7. The predicted octanol–water partition coefficient (Wildman–Crippen LogP) is 7.44. The van der Waals surface area contributed by atoms with Crippen molar-refractivity contribution in [2.75, 3.05) is 28.4 Å². The normalized spacial score (nSPS) is 10.1. The topological polar surface area (TPSA) is 178 Å². The van der Waals surface area contributed by atoms with Crippen molar-refractivity contribution in [3.8, 4) is 23.0 Å².